The summed E-state index contributed by atoms with van der Waals surface area (Å²) in [5.41, 5.74) is -0.180. The minimum Gasteiger partial charge on any atom is -0.334 e. The van der Waals surface area contributed by atoms with Crippen LogP contribution in [0.15, 0.2) is 28.8 Å². The molecule has 4 nitrogen and oxygen atoms in total. The molecule has 1 saturated heterocycles. The summed E-state index contributed by atoms with van der Waals surface area (Å²) < 4.78 is 43.2. The molecule has 1 aromatic carbocycles. The SMILES string of the molecule is CCC(CC)N1CCC(Cc2noc(-c3ccc(C(F)(F)F)cc3)n2)CC1.Cl. The summed E-state index contributed by atoms with van der Waals surface area (Å²) in [5, 5.41) is 4.02. The number of benzene rings is 1. The number of aromatic nitrogens is 2. The Morgan fingerprint density at radius 3 is 2.25 bits per heavy atom. The van der Waals surface area contributed by atoms with Crippen LogP contribution in [-0.2, 0) is 12.6 Å². The van der Waals surface area contributed by atoms with Crippen LogP contribution in [0.3, 0.4) is 0 Å². The van der Waals surface area contributed by atoms with Crippen molar-refractivity contribution >= 4 is 12.4 Å². The smallest absolute Gasteiger partial charge is 0.334 e. The van der Waals surface area contributed by atoms with Gasteiger partial charge < -0.3 is 9.42 Å². The first-order valence-corrected chi connectivity index (χ1v) is 9.65. The summed E-state index contributed by atoms with van der Waals surface area (Å²) in [6, 6.07) is 5.48. The normalized spacial score (nSPS) is 16.4. The lowest BCUT2D eigenvalue weighted by Gasteiger charge is -2.36. The van der Waals surface area contributed by atoms with Gasteiger partial charge in [0.1, 0.15) is 0 Å². The predicted octanol–water partition coefficient (Wildman–Crippen LogP) is 5.62. The molecule has 2 aromatic rings. The summed E-state index contributed by atoms with van der Waals surface area (Å²) in [6.45, 7) is 6.67. The number of nitrogens with zero attached hydrogens (tertiary/aromatic N) is 3. The Morgan fingerprint density at radius 2 is 1.71 bits per heavy atom. The van der Waals surface area contributed by atoms with Crippen molar-refractivity contribution in [3.63, 3.8) is 0 Å². The van der Waals surface area contributed by atoms with E-state index >= 15 is 0 Å². The summed E-state index contributed by atoms with van der Waals surface area (Å²) >= 11 is 0. The Labute approximate surface area is 169 Å². The highest BCUT2D eigenvalue weighted by atomic mass is 35.5. The van der Waals surface area contributed by atoms with Crippen LogP contribution in [0.2, 0.25) is 0 Å². The van der Waals surface area contributed by atoms with E-state index in [4.69, 9.17) is 4.52 Å². The Morgan fingerprint density at radius 1 is 1.11 bits per heavy atom. The van der Waals surface area contributed by atoms with E-state index in [-0.39, 0.29) is 18.3 Å². The summed E-state index contributed by atoms with van der Waals surface area (Å²) in [5.74, 6) is 1.42. The van der Waals surface area contributed by atoms with Crippen LogP contribution < -0.4 is 0 Å². The average molecular weight is 418 g/mol. The van der Waals surface area contributed by atoms with Gasteiger partial charge in [-0.15, -0.1) is 12.4 Å². The van der Waals surface area contributed by atoms with Crippen molar-refractivity contribution in [2.75, 3.05) is 13.1 Å². The second-order valence-corrected chi connectivity index (χ2v) is 7.24. The molecular formula is C20H27ClF3N3O. The van der Waals surface area contributed by atoms with Crippen LogP contribution in [0.5, 0.6) is 0 Å². The van der Waals surface area contributed by atoms with Crippen molar-refractivity contribution in [3.8, 4) is 11.5 Å². The lowest BCUT2D eigenvalue weighted by Crippen LogP contribution is -2.41. The first kappa shape index (κ1) is 22.7. The quantitative estimate of drug-likeness (QED) is 0.611. The number of alkyl halides is 3. The largest absolute Gasteiger partial charge is 0.416 e. The maximum Gasteiger partial charge on any atom is 0.416 e. The van der Waals surface area contributed by atoms with Gasteiger partial charge in [0.15, 0.2) is 5.82 Å². The standard InChI is InChI=1S/C20H26F3N3O.ClH/c1-3-17(4-2)26-11-9-14(10-12-26)13-18-24-19(27-25-18)15-5-7-16(8-6-15)20(21,22)23;/h5-8,14,17H,3-4,9-13H2,1-2H3;1H. The lowest BCUT2D eigenvalue weighted by molar-refractivity contribution is -0.137. The van der Waals surface area contributed by atoms with Gasteiger partial charge >= 0.3 is 6.18 Å². The highest BCUT2D eigenvalue weighted by Crippen LogP contribution is 2.31. The van der Waals surface area contributed by atoms with Crippen LogP contribution in [-0.4, -0.2) is 34.2 Å². The third-order valence-electron chi connectivity index (χ3n) is 5.51. The number of likely N-dealkylation sites (tertiary alicyclic amines) is 1. The van der Waals surface area contributed by atoms with E-state index in [0.29, 0.717) is 23.3 Å². The topological polar surface area (TPSA) is 42.2 Å². The fraction of sp³-hybridized carbons (Fsp3) is 0.600. The zero-order valence-corrected chi connectivity index (χ0v) is 17.0. The molecule has 1 aliphatic rings. The molecule has 0 atom stereocenters. The van der Waals surface area contributed by atoms with Gasteiger partial charge in [-0.1, -0.05) is 19.0 Å². The van der Waals surface area contributed by atoms with Crippen molar-refractivity contribution in [3.05, 3.63) is 35.7 Å². The van der Waals surface area contributed by atoms with Crippen molar-refractivity contribution in [2.24, 2.45) is 5.92 Å². The Balaban J connectivity index is 0.00000280. The zero-order valence-electron chi connectivity index (χ0n) is 16.2. The van der Waals surface area contributed by atoms with E-state index in [2.05, 4.69) is 28.9 Å². The second kappa shape index (κ2) is 9.74. The van der Waals surface area contributed by atoms with Crippen LogP contribution in [0, 0.1) is 5.92 Å². The third-order valence-corrected chi connectivity index (χ3v) is 5.51. The number of halogens is 4. The molecular weight excluding hydrogens is 391 g/mol. The van der Waals surface area contributed by atoms with E-state index in [1.54, 1.807) is 0 Å². The fourth-order valence-electron chi connectivity index (χ4n) is 3.84. The molecule has 1 fully saturated rings. The van der Waals surface area contributed by atoms with Crippen molar-refractivity contribution < 1.29 is 17.7 Å². The minimum atomic E-state index is -4.35. The number of piperidine rings is 1. The van der Waals surface area contributed by atoms with E-state index < -0.39 is 11.7 Å². The van der Waals surface area contributed by atoms with E-state index in [1.807, 2.05) is 0 Å². The van der Waals surface area contributed by atoms with Gasteiger partial charge in [0.25, 0.3) is 5.89 Å². The van der Waals surface area contributed by atoms with Gasteiger partial charge in [-0.2, -0.15) is 18.2 Å². The molecule has 0 saturated carbocycles. The molecule has 0 aliphatic carbocycles. The molecule has 1 aliphatic heterocycles. The van der Waals surface area contributed by atoms with Crippen molar-refractivity contribution in [1.29, 1.82) is 0 Å². The highest BCUT2D eigenvalue weighted by Gasteiger charge is 2.30. The molecule has 0 radical (unpaired) electrons. The van der Waals surface area contributed by atoms with E-state index in [0.717, 1.165) is 44.5 Å². The van der Waals surface area contributed by atoms with Gasteiger partial charge in [0.05, 0.1) is 5.56 Å². The van der Waals surface area contributed by atoms with Crippen LogP contribution in [0.4, 0.5) is 13.2 Å². The Bertz CT molecular complexity index is 721. The molecule has 0 amide bonds. The van der Waals surface area contributed by atoms with Gasteiger partial charge in [-0.05, 0) is 69.0 Å². The monoisotopic (exact) mass is 417 g/mol. The summed E-state index contributed by atoms with van der Waals surface area (Å²) in [7, 11) is 0. The molecule has 2 heterocycles. The molecule has 28 heavy (non-hydrogen) atoms. The number of rotatable bonds is 6. The predicted molar refractivity (Wildman–Crippen MR) is 104 cm³/mol. The first-order valence-electron chi connectivity index (χ1n) is 9.65. The van der Waals surface area contributed by atoms with Gasteiger partial charge in [0, 0.05) is 18.0 Å². The molecule has 0 bridgehead atoms. The van der Waals surface area contributed by atoms with E-state index in [1.165, 1.54) is 25.0 Å². The van der Waals surface area contributed by atoms with E-state index in [9.17, 15) is 13.2 Å². The van der Waals surface area contributed by atoms with Crippen LogP contribution in [0.25, 0.3) is 11.5 Å². The first-order chi connectivity index (χ1) is 12.9. The zero-order chi connectivity index (χ0) is 19.4. The maximum absolute atomic E-state index is 12.7. The minimum absolute atomic E-state index is 0. The molecule has 8 heteroatoms. The average Bonchev–Trinajstić information content (AvgIpc) is 3.12. The molecule has 0 N–H and O–H groups in total. The van der Waals surface area contributed by atoms with Crippen molar-refractivity contribution in [2.45, 2.75) is 58.2 Å². The van der Waals surface area contributed by atoms with Gasteiger partial charge in [-0.3, -0.25) is 0 Å². The second-order valence-electron chi connectivity index (χ2n) is 7.24. The Kier molecular flexibility index (Phi) is 7.89. The molecule has 0 spiro atoms. The molecule has 3 rings (SSSR count). The maximum atomic E-state index is 12.7. The van der Waals surface area contributed by atoms with Gasteiger partial charge in [0.2, 0.25) is 0 Å². The number of hydrogen-bond acceptors (Lipinski definition) is 4. The Hall–Kier alpha value is -1.60. The lowest BCUT2D eigenvalue weighted by atomic mass is 9.92. The molecule has 1 aromatic heterocycles. The fourth-order valence-corrected chi connectivity index (χ4v) is 3.84. The third kappa shape index (κ3) is 5.47. The van der Waals surface area contributed by atoms with Crippen molar-refractivity contribution in [1.82, 2.24) is 15.0 Å². The summed E-state index contributed by atoms with van der Waals surface area (Å²) in [6.07, 6.45) is 0.995. The molecule has 156 valence electrons. The van der Waals surface area contributed by atoms with Gasteiger partial charge in [-0.25, -0.2) is 0 Å². The van der Waals surface area contributed by atoms with Crippen LogP contribution >= 0.6 is 12.4 Å². The summed E-state index contributed by atoms with van der Waals surface area (Å²) in [4.78, 5) is 6.95. The highest BCUT2D eigenvalue weighted by molar-refractivity contribution is 5.85. The molecule has 0 unspecified atom stereocenters. The van der Waals surface area contributed by atoms with Crippen LogP contribution in [0.1, 0.15) is 50.9 Å². The number of hydrogen-bond donors (Lipinski definition) is 0.